The molecule has 0 radical (unpaired) electrons. The summed E-state index contributed by atoms with van der Waals surface area (Å²) < 4.78 is 5.16. The van der Waals surface area contributed by atoms with Gasteiger partial charge in [-0.1, -0.05) is 30.3 Å². The molecule has 1 aromatic carbocycles. The fraction of sp³-hybridized carbons (Fsp3) is 0.438. The van der Waals surface area contributed by atoms with Gasteiger partial charge in [-0.25, -0.2) is 0 Å². The predicted octanol–water partition coefficient (Wildman–Crippen LogP) is 2.58. The molecule has 1 aliphatic heterocycles. The van der Waals surface area contributed by atoms with E-state index >= 15 is 0 Å². The SMILES string of the molecule is COCC1CCN(C(=O)/C=C/c2ccccc2)CC1. The number of carbonyl (C=O) groups is 1. The zero-order chi connectivity index (χ0) is 13.5. The Morgan fingerprint density at radius 2 is 2.00 bits per heavy atom. The van der Waals surface area contributed by atoms with Crippen molar-refractivity contribution in [1.29, 1.82) is 0 Å². The van der Waals surface area contributed by atoms with Crippen LogP contribution in [0.25, 0.3) is 6.08 Å². The summed E-state index contributed by atoms with van der Waals surface area (Å²) in [5, 5.41) is 0. The Labute approximate surface area is 114 Å². The molecule has 3 nitrogen and oxygen atoms in total. The van der Waals surface area contributed by atoms with Gasteiger partial charge in [0.15, 0.2) is 0 Å². The third-order valence-electron chi connectivity index (χ3n) is 3.55. The Bertz CT molecular complexity index is 420. The first kappa shape index (κ1) is 13.8. The molecule has 0 spiro atoms. The van der Waals surface area contributed by atoms with E-state index in [9.17, 15) is 4.79 Å². The fourth-order valence-electron chi connectivity index (χ4n) is 2.39. The number of rotatable bonds is 4. The Morgan fingerprint density at radius 3 is 2.63 bits per heavy atom. The van der Waals surface area contributed by atoms with Crippen LogP contribution in [-0.2, 0) is 9.53 Å². The van der Waals surface area contributed by atoms with Crippen LogP contribution in [0.5, 0.6) is 0 Å². The first-order chi connectivity index (χ1) is 9.29. The largest absolute Gasteiger partial charge is 0.384 e. The number of hydrogen-bond acceptors (Lipinski definition) is 2. The van der Waals surface area contributed by atoms with Crippen molar-refractivity contribution in [3.8, 4) is 0 Å². The van der Waals surface area contributed by atoms with Gasteiger partial charge in [0.05, 0.1) is 0 Å². The number of amides is 1. The maximum Gasteiger partial charge on any atom is 0.246 e. The molecule has 0 bridgehead atoms. The summed E-state index contributed by atoms with van der Waals surface area (Å²) in [6.45, 7) is 2.49. The molecular formula is C16H21NO2. The smallest absolute Gasteiger partial charge is 0.246 e. The van der Waals surface area contributed by atoms with E-state index in [1.54, 1.807) is 13.2 Å². The molecule has 2 rings (SSSR count). The molecule has 1 heterocycles. The van der Waals surface area contributed by atoms with Crippen LogP contribution in [0.1, 0.15) is 18.4 Å². The number of hydrogen-bond donors (Lipinski definition) is 0. The highest BCUT2D eigenvalue weighted by Crippen LogP contribution is 2.17. The second-order valence-corrected chi connectivity index (χ2v) is 4.97. The van der Waals surface area contributed by atoms with E-state index < -0.39 is 0 Å². The van der Waals surface area contributed by atoms with Crippen LogP contribution in [0, 0.1) is 5.92 Å². The van der Waals surface area contributed by atoms with E-state index in [1.165, 1.54) is 0 Å². The van der Waals surface area contributed by atoms with E-state index in [2.05, 4.69) is 0 Å². The molecule has 0 aromatic heterocycles. The molecule has 1 fully saturated rings. The summed E-state index contributed by atoms with van der Waals surface area (Å²) in [6.07, 6.45) is 5.63. The lowest BCUT2D eigenvalue weighted by atomic mass is 9.98. The summed E-state index contributed by atoms with van der Waals surface area (Å²) in [5.41, 5.74) is 1.06. The molecule has 3 heteroatoms. The van der Waals surface area contributed by atoms with Crippen molar-refractivity contribution in [2.24, 2.45) is 5.92 Å². The van der Waals surface area contributed by atoms with Crippen LogP contribution in [0.3, 0.4) is 0 Å². The van der Waals surface area contributed by atoms with Crippen LogP contribution in [0.15, 0.2) is 36.4 Å². The minimum Gasteiger partial charge on any atom is -0.384 e. The van der Waals surface area contributed by atoms with Crippen molar-refractivity contribution >= 4 is 12.0 Å². The quantitative estimate of drug-likeness (QED) is 0.778. The standard InChI is InChI=1S/C16H21NO2/c1-19-13-15-9-11-17(12-10-15)16(18)8-7-14-5-3-2-4-6-14/h2-8,15H,9-13H2,1H3/b8-7+. The van der Waals surface area contributed by atoms with E-state index in [0.717, 1.165) is 38.1 Å². The first-order valence-corrected chi connectivity index (χ1v) is 6.80. The van der Waals surface area contributed by atoms with E-state index in [0.29, 0.717) is 5.92 Å². The van der Waals surface area contributed by atoms with Crippen LogP contribution in [-0.4, -0.2) is 37.6 Å². The topological polar surface area (TPSA) is 29.5 Å². The summed E-state index contributed by atoms with van der Waals surface area (Å²) in [4.78, 5) is 14.0. The molecular weight excluding hydrogens is 238 g/mol. The molecule has 0 N–H and O–H groups in total. The normalized spacial score (nSPS) is 17.0. The third-order valence-corrected chi connectivity index (χ3v) is 3.55. The van der Waals surface area contributed by atoms with Crippen molar-refractivity contribution in [3.05, 3.63) is 42.0 Å². The number of nitrogens with zero attached hydrogens (tertiary/aromatic N) is 1. The number of ether oxygens (including phenoxy) is 1. The van der Waals surface area contributed by atoms with Gasteiger partial charge in [0.1, 0.15) is 0 Å². The average Bonchev–Trinajstić information content (AvgIpc) is 2.47. The van der Waals surface area contributed by atoms with Crippen molar-refractivity contribution in [2.75, 3.05) is 26.8 Å². The van der Waals surface area contributed by atoms with Crippen LogP contribution in [0.2, 0.25) is 0 Å². The van der Waals surface area contributed by atoms with E-state index in [-0.39, 0.29) is 5.91 Å². The molecule has 1 amide bonds. The van der Waals surface area contributed by atoms with Crippen molar-refractivity contribution in [1.82, 2.24) is 4.90 Å². The monoisotopic (exact) mass is 259 g/mol. The number of benzene rings is 1. The molecule has 19 heavy (non-hydrogen) atoms. The zero-order valence-corrected chi connectivity index (χ0v) is 11.4. The van der Waals surface area contributed by atoms with Gasteiger partial charge in [-0.15, -0.1) is 0 Å². The van der Waals surface area contributed by atoms with Crippen molar-refractivity contribution in [2.45, 2.75) is 12.8 Å². The second-order valence-electron chi connectivity index (χ2n) is 4.97. The Kier molecular flexibility index (Phi) is 5.16. The van der Waals surface area contributed by atoms with Crippen molar-refractivity contribution < 1.29 is 9.53 Å². The predicted molar refractivity (Wildman–Crippen MR) is 76.7 cm³/mol. The van der Waals surface area contributed by atoms with Gasteiger partial charge >= 0.3 is 0 Å². The van der Waals surface area contributed by atoms with Crippen molar-refractivity contribution in [3.63, 3.8) is 0 Å². The van der Waals surface area contributed by atoms with Crippen LogP contribution < -0.4 is 0 Å². The molecule has 102 valence electrons. The molecule has 1 aromatic rings. The van der Waals surface area contributed by atoms with Gasteiger partial charge in [0.25, 0.3) is 0 Å². The maximum atomic E-state index is 12.0. The number of likely N-dealkylation sites (tertiary alicyclic amines) is 1. The molecule has 0 saturated carbocycles. The number of carbonyl (C=O) groups excluding carboxylic acids is 1. The molecule has 0 unspecified atom stereocenters. The van der Waals surface area contributed by atoms with Crippen LogP contribution in [0.4, 0.5) is 0 Å². The van der Waals surface area contributed by atoms with E-state index in [1.807, 2.05) is 41.3 Å². The summed E-state index contributed by atoms with van der Waals surface area (Å²) in [7, 11) is 1.74. The lowest BCUT2D eigenvalue weighted by Gasteiger charge is -2.30. The lowest BCUT2D eigenvalue weighted by molar-refractivity contribution is -0.127. The summed E-state index contributed by atoms with van der Waals surface area (Å²) in [6, 6.07) is 9.91. The Morgan fingerprint density at radius 1 is 1.32 bits per heavy atom. The maximum absolute atomic E-state index is 12.0. The molecule has 1 aliphatic rings. The Hall–Kier alpha value is -1.61. The van der Waals surface area contributed by atoms with Gasteiger partial charge < -0.3 is 9.64 Å². The van der Waals surface area contributed by atoms with Gasteiger partial charge in [0, 0.05) is 32.9 Å². The minimum absolute atomic E-state index is 0.111. The van der Waals surface area contributed by atoms with E-state index in [4.69, 9.17) is 4.74 Å². The highest BCUT2D eigenvalue weighted by Gasteiger charge is 2.21. The van der Waals surface area contributed by atoms with Crippen LogP contribution >= 0.6 is 0 Å². The minimum atomic E-state index is 0.111. The van der Waals surface area contributed by atoms with Gasteiger partial charge in [-0.05, 0) is 30.4 Å². The Balaban J connectivity index is 1.83. The average molecular weight is 259 g/mol. The summed E-state index contributed by atoms with van der Waals surface area (Å²) in [5.74, 6) is 0.715. The number of methoxy groups -OCH3 is 1. The first-order valence-electron chi connectivity index (χ1n) is 6.80. The van der Waals surface area contributed by atoms with Gasteiger partial charge in [-0.3, -0.25) is 4.79 Å². The summed E-state index contributed by atoms with van der Waals surface area (Å²) >= 11 is 0. The number of piperidine rings is 1. The molecule has 0 atom stereocenters. The molecule has 0 aliphatic carbocycles. The lowest BCUT2D eigenvalue weighted by Crippen LogP contribution is -2.38. The molecule has 1 saturated heterocycles. The fourth-order valence-corrected chi connectivity index (χ4v) is 2.39. The highest BCUT2D eigenvalue weighted by atomic mass is 16.5. The van der Waals surface area contributed by atoms with Gasteiger partial charge in [0.2, 0.25) is 5.91 Å². The zero-order valence-electron chi connectivity index (χ0n) is 11.4. The third kappa shape index (κ3) is 4.21. The van der Waals surface area contributed by atoms with Gasteiger partial charge in [-0.2, -0.15) is 0 Å². The highest BCUT2D eigenvalue weighted by molar-refractivity contribution is 5.91. The second kappa shape index (κ2) is 7.10.